The number of nitrogens with zero attached hydrogens (tertiary/aromatic N) is 1. The summed E-state index contributed by atoms with van der Waals surface area (Å²) in [6, 6.07) is 8.52. The summed E-state index contributed by atoms with van der Waals surface area (Å²) in [7, 11) is 1.85. The lowest BCUT2D eigenvalue weighted by Crippen LogP contribution is -2.50. The lowest BCUT2D eigenvalue weighted by atomic mass is 9.98. The Balaban J connectivity index is 1.51. The highest BCUT2D eigenvalue weighted by Crippen LogP contribution is 2.29. The number of hydrogen-bond donors (Lipinski definition) is 2. The molecule has 1 aromatic carbocycles. The van der Waals surface area contributed by atoms with Crippen LogP contribution in [0.4, 0.5) is 0 Å². The first-order valence-corrected chi connectivity index (χ1v) is 8.87. The van der Waals surface area contributed by atoms with Crippen molar-refractivity contribution in [2.45, 2.75) is 43.8 Å². The Labute approximate surface area is 144 Å². The molecule has 2 N–H and O–H groups in total. The van der Waals surface area contributed by atoms with Gasteiger partial charge in [0.2, 0.25) is 5.91 Å². The third kappa shape index (κ3) is 3.93. The van der Waals surface area contributed by atoms with Gasteiger partial charge in [-0.2, -0.15) is 0 Å². The lowest BCUT2D eigenvalue weighted by molar-refractivity contribution is -0.131. The molecule has 2 aliphatic heterocycles. The minimum absolute atomic E-state index is 0.0281. The Morgan fingerprint density at radius 2 is 2.00 bits per heavy atom. The van der Waals surface area contributed by atoms with Crippen LogP contribution >= 0.6 is 15.9 Å². The molecule has 23 heavy (non-hydrogen) atoms. The number of rotatable bonds is 4. The molecule has 0 aliphatic carbocycles. The van der Waals surface area contributed by atoms with E-state index in [1.165, 1.54) is 12.8 Å². The van der Waals surface area contributed by atoms with Crippen LogP contribution in [0.15, 0.2) is 28.7 Å². The number of piperidine rings is 1. The molecule has 2 heterocycles. The predicted octanol–water partition coefficient (Wildman–Crippen LogP) is 1.92. The smallest absolute Gasteiger partial charge is 0.251 e. The first kappa shape index (κ1) is 16.5. The van der Waals surface area contributed by atoms with Crippen LogP contribution in [0.1, 0.15) is 36.0 Å². The van der Waals surface area contributed by atoms with Crippen LogP contribution in [-0.2, 0) is 4.79 Å². The van der Waals surface area contributed by atoms with Gasteiger partial charge in [0, 0.05) is 35.2 Å². The number of fused-ring (bicyclic) bond motifs is 2. The molecule has 0 saturated carbocycles. The average Bonchev–Trinajstić information content (AvgIpc) is 2.89. The molecule has 0 aromatic heterocycles. The number of hydrogen-bond acceptors (Lipinski definition) is 3. The Morgan fingerprint density at radius 1 is 1.30 bits per heavy atom. The van der Waals surface area contributed by atoms with Crippen molar-refractivity contribution in [3.8, 4) is 0 Å². The second kappa shape index (κ2) is 7.01. The van der Waals surface area contributed by atoms with Crippen LogP contribution in [0.25, 0.3) is 0 Å². The maximum Gasteiger partial charge on any atom is 0.251 e. The van der Waals surface area contributed by atoms with Gasteiger partial charge >= 0.3 is 0 Å². The van der Waals surface area contributed by atoms with Gasteiger partial charge in [-0.15, -0.1) is 0 Å². The summed E-state index contributed by atoms with van der Waals surface area (Å²) in [6.07, 6.45) is 4.45. The molecule has 1 aromatic rings. The molecule has 3 rings (SSSR count). The topological polar surface area (TPSA) is 61.4 Å². The van der Waals surface area contributed by atoms with Crippen LogP contribution in [-0.4, -0.2) is 48.4 Å². The van der Waals surface area contributed by atoms with Gasteiger partial charge in [0.15, 0.2) is 0 Å². The van der Waals surface area contributed by atoms with E-state index < -0.39 is 0 Å². The Kier molecular flexibility index (Phi) is 5.02. The summed E-state index contributed by atoms with van der Waals surface area (Å²) >= 11 is 3.34. The first-order valence-electron chi connectivity index (χ1n) is 8.08. The SMILES string of the molecule is CN(C(=O)CNC(=O)c1cccc(Br)c1)C1CC2CCC(C1)N2. The van der Waals surface area contributed by atoms with Crippen LogP contribution in [0.2, 0.25) is 0 Å². The molecular weight excluding hydrogens is 358 g/mol. The summed E-state index contributed by atoms with van der Waals surface area (Å²) in [4.78, 5) is 26.3. The molecule has 2 amide bonds. The second-order valence-electron chi connectivity index (χ2n) is 6.46. The van der Waals surface area contributed by atoms with Crippen molar-refractivity contribution < 1.29 is 9.59 Å². The lowest BCUT2D eigenvalue weighted by Gasteiger charge is -2.35. The largest absolute Gasteiger partial charge is 0.343 e. The number of likely N-dealkylation sites (N-methyl/N-ethyl adjacent to an activating group) is 1. The van der Waals surface area contributed by atoms with Crippen molar-refractivity contribution in [2.24, 2.45) is 0 Å². The van der Waals surface area contributed by atoms with E-state index >= 15 is 0 Å². The molecule has 5 nitrogen and oxygen atoms in total. The van der Waals surface area contributed by atoms with Crippen molar-refractivity contribution in [1.29, 1.82) is 0 Å². The van der Waals surface area contributed by atoms with E-state index in [2.05, 4.69) is 26.6 Å². The average molecular weight is 380 g/mol. The third-order valence-electron chi connectivity index (χ3n) is 4.88. The van der Waals surface area contributed by atoms with Gasteiger partial charge in [-0.3, -0.25) is 9.59 Å². The van der Waals surface area contributed by atoms with E-state index in [0.29, 0.717) is 17.6 Å². The van der Waals surface area contributed by atoms with Crippen molar-refractivity contribution >= 4 is 27.7 Å². The van der Waals surface area contributed by atoms with Crippen molar-refractivity contribution in [3.63, 3.8) is 0 Å². The third-order valence-corrected chi connectivity index (χ3v) is 5.37. The van der Waals surface area contributed by atoms with Gasteiger partial charge in [-0.25, -0.2) is 0 Å². The van der Waals surface area contributed by atoms with E-state index in [4.69, 9.17) is 0 Å². The van der Waals surface area contributed by atoms with E-state index in [1.54, 1.807) is 18.2 Å². The molecule has 2 saturated heterocycles. The van der Waals surface area contributed by atoms with Gasteiger partial charge in [0.05, 0.1) is 6.54 Å². The Hall–Kier alpha value is -1.40. The molecular formula is C17H22BrN3O2. The fraction of sp³-hybridized carbons (Fsp3) is 0.529. The Bertz CT molecular complexity index is 595. The summed E-state index contributed by atoms with van der Waals surface area (Å²) in [5, 5.41) is 6.30. The normalized spacial score (nSPS) is 25.9. The number of carbonyl (C=O) groups is 2. The molecule has 6 heteroatoms. The molecule has 0 radical (unpaired) electrons. The zero-order valence-corrected chi connectivity index (χ0v) is 14.8. The standard InChI is InChI=1S/C17H22BrN3O2/c1-21(15-8-13-5-6-14(9-15)20-13)16(22)10-19-17(23)11-3-2-4-12(18)7-11/h2-4,7,13-15,20H,5-6,8-10H2,1H3,(H,19,23). The van der Waals surface area contributed by atoms with Crippen LogP contribution < -0.4 is 10.6 Å². The number of halogens is 1. The zero-order valence-electron chi connectivity index (χ0n) is 13.2. The molecule has 2 unspecified atom stereocenters. The molecule has 124 valence electrons. The Morgan fingerprint density at radius 3 is 2.65 bits per heavy atom. The molecule has 2 bridgehead atoms. The first-order chi connectivity index (χ1) is 11.0. The quantitative estimate of drug-likeness (QED) is 0.839. The molecule has 2 fully saturated rings. The van der Waals surface area contributed by atoms with Crippen molar-refractivity contribution in [3.05, 3.63) is 34.3 Å². The molecule has 0 spiro atoms. The van der Waals surface area contributed by atoms with Crippen LogP contribution in [0.3, 0.4) is 0 Å². The fourth-order valence-corrected chi connectivity index (χ4v) is 3.96. The van der Waals surface area contributed by atoms with Crippen molar-refractivity contribution in [1.82, 2.24) is 15.5 Å². The summed E-state index contributed by atoms with van der Waals surface area (Å²) in [6.45, 7) is 0.0428. The minimum Gasteiger partial charge on any atom is -0.343 e. The van der Waals surface area contributed by atoms with Gasteiger partial charge in [0.25, 0.3) is 5.91 Å². The van der Waals surface area contributed by atoms with E-state index in [1.807, 2.05) is 18.0 Å². The summed E-state index contributed by atoms with van der Waals surface area (Å²) in [5.74, 6) is -0.252. The number of benzene rings is 1. The van der Waals surface area contributed by atoms with Crippen molar-refractivity contribution in [2.75, 3.05) is 13.6 Å². The highest BCUT2D eigenvalue weighted by atomic mass is 79.9. The van der Waals surface area contributed by atoms with E-state index in [9.17, 15) is 9.59 Å². The zero-order chi connectivity index (χ0) is 16.4. The van der Waals surface area contributed by atoms with Gasteiger partial charge < -0.3 is 15.5 Å². The fourth-order valence-electron chi connectivity index (χ4n) is 3.56. The monoisotopic (exact) mass is 379 g/mol. The number of nitrogens with one attached hydrogen (secondary N) is 2. The number of amides is 2. The highest BCUT2D eigenvalue weighted by molar-refractivity contribution is 9.10. The maximum atomic E-state index is 12.4. The van der Waals surface area contributed by atoms with E-state index in [0.717, 1.165) is 17.3 Å². The van der Waals surface area contributed by atoms with Gasteiger partial charge in [-0.05, 0) is 43.9 Å². The minimum atomic E-state index is -0.224. The predicted molar refractivity (Wildman–Crippen MR) is 92.2 cm³/mol. The maximum absolute atomic E-state index is 12.4. The highest BCUT2D eigenvalue weighted by Gasteiger charge is 2.36. The van der Waals surface area contributed by atoms with Gasteiger partial charge in [0.1, 0.15) is 0 Å². The second-order valence-corrected chi connectivity index (χ2v) is 7.38. The summed E-state index contributed by atoms with van der Waals surface area (Å²) in [5.41, 5.74) is 0.551. The number of carbonyl (C=O) groups excluding carboxylic acids is 2. The molecule has 2 atom stereocenters. The van der Waals surface area contributed by atoms with E-state index in [-0.39, 0.29) is 24.4 Å². The summed E-state index contributed by atoms with van der Waals surface area (Å²) < 4.78 is 0.846. The van der Waals surface area contributed by atoms with Gasteiger partial charge in [-0.1, -0.05) is 22.0 Å². The van der Waals surface area contributed by atoms with Crippen LogP contribution in [0.5, 0.6) is 0 Å². The van der Waals surface area contributed by atoms with Crippen LogP contribution in [0, 0.1) is 0 Å². The molecule has 2 aliphatic rings.